The van der Waals surface area contributed by atoms with E-state index in [9.17, 15) is 0 Å². The minimum atomic E-state index is 0.668. The fourth-order valence-corrected chi connectivity index (χ4v) is 3.24. The normalized spacial score (nSPS) is 26.5. The average molecular weight is 275 g/mol. The predicted octanol–water partition coefficient (Wildman–Crippen LogP) is 4.10. The monoisotopic (exact) mass is 275 g/mol. The molecule has 2 rings (SSSR count). The molecule has 1 aliphatic carbocycles. The lowest BCUT2D eigenvalue weighted by molar-refractivity contribution is 0.197. The Bertz CT molecular complexity index is 429. The van der Waals surface area contributed by atoms with Crippen LogP contribution in [0.4, 0.5) is 0 Å². The van der Waals surface area contributed by atoms with Crippen LogP contribution < -0.4 is 10.1 Å². The van der Waals surface area contributed by atoms with Crippen LogP contribution in [0.15, 0.2) is 18.2 Å². The van der Waals surface area contributed by atoms with Gasteiger partial charge >= 0.3 is 0 Å². The summed E-state index contributed by atoms with van der Waals surface area (Å²) in [6.45, 7) is 10.7. The topological polar surface area (TPSA) is 21.3 Å². The predicted molar refractivity (Wildman–Crippen MR) is 85.4 cm³/mol. The lowest BCUT2D eigenvalue weighted by Crippen LogP contribution is -2.42. The summed E-state index contributed by atoms with van der Waals surface area (Å²) in [5.41, 5.74) is 2.52. The van der Waals surface area contributed by atoms with Crippen LogP contribution in [0.5, 0.6) is 5.75 Å². The number of hydrogen-bond donors (Lipinski definition) is 1. The van der Waals surface area contributed by atoms with Crippen molar-refractivity contribution in [2.75, 3.05) is 13.2 Å². The van der Waals surface area contributed by atoms with Crippen LogP contribution in [0.2, 0.25) is 0 Å². The summed E-state index contributed by atoms with van der Waals surface area (Å²) in [6, 6.07) is 7.03. The maximum absolute atomic E-state index is 5.88. The van der Waals surface area contributed by atoms with E-state index in [4.69, 9.17) is 4.74 Å². The number of rotatable bonds is 5. The average Bonchev–Trinajstić information content (AvgIpc) is 2.41. The van der Waals surface area contributed by atoms with E-state index in [0.717, 1.165) is 30.7 Å². The molecular formula is C18H29NO. The quantitative estimate of drug-likeness (QED) is 0.817. The summed E-state index contributed by atoms with van der Waals surface area (Å²) >= 11 is 0. The second-order valence-electron chi connectivity index (χ2n) is 6.45. The van der Waals surface area contributed by atoms with Crippen molar-refractivity contribution in [3.63, 3.8) is 0 Å². The zero-order valence-corrected chi connectivity index (χ0v) is 13.4. The van der Waals surface area contributed by atoms with E-state index >= 15 is 0 Å². The van der Waals surface area contributed by atoms with E-state index in [2.05, 4.69) is 51.2 Å². The molecule has 0 saturated heterocycles. The fraction of sp³-hybridized carbons (Fsp3) is 0.667. The summed E-state index contributed by atoms with van der Waals surface area (Å²) in [4.78, 5) is 0. The van der Waals surface area contributed by atoms with Gasteiger partial charge in [-0.3, -0.25) is 0 Å². The van der Waals surface area contributed by atoms with Gasteiger partial charge in [-0.2, -0.15) is 0 Å². The van der Waals surface area contributed by atoms with E-state index in [-0.39, 0.29) is 0 Å². The molecule has 1 N–H and O–H groups in total. The Hall–Kier alpha value is -1.02. The van der Waals surface area contributed by atoms with Crippen molar-refractivity contribution in [3.8, 4) is 5.75 Å². The SMILES string of the molecule is Cc1ccc(OCCN[C@H]2CCC[C@H](C)[C@@H]2C)c(C)c1. The molecule has 2 heteroatoms. The van der Waals surface area contributed by atoms with Crippen molar-refractivity contribution >= 4 is 0 Å². The van der Waals surface area contributed by atoms with Crippen LogP contribution in [0.1, 0.15) is 44.2 Å². The van der Waals surface area contributed by atoms with Gasteiger partial charge in [0, 0.05) is 12.6 Å². The van der Waals surface area contributed by atoms with Gasteiger partial charge in [0.25, 0.3) is 0 Å². The first-order valence-corrected chi connectivity index (χ1v) is 8.01. The van der Waals surface area contributed by atoms with Gasteiger partial charge in [0.05, 0.1) is 0 Å². The van der Waals surface area contributed by atoms with Crippen LogP contribution in [0.25, 0.3) is 0 Å². The van der Waals surface area contributed by atoms with Crippen LogP contribution in [-0.4, -0.2) is 19.2 Å². The molecule has 0 unspecified atom stereocenters. The zero-order chi connectivity index (χ0) is 14.5. The third kappa shape index (κ3) is 3.99. The molecule has 20 heavy (non-hydrogen) atoms. The minimum Gasteiger partial charge on any atom is -0.492 e. The molecule has 1 aromatic rings. The Kier molecular flexibility index (Phi) is 5.47. The number of nitrogens with one attached hydrogen (secondary N) is 1. The molecule has 2 nitrogen and oxygen atoms in total. The molecule has 1 aromatic carbocycles. The molecule has 1 saturated carbocycles. The van der Waals surface area contributed by atoms with Crippen molar-refractivity contribution in [2.24, 2.45) is 11.8 Å². The Morgan fingerprint density at radius 1 is 1.20 bits per heavy atom. The minimum absolute atomic E-state index is 0.668. The molecule has 0 bridgehead atoms. The van der Waals surface area contributed by atoms with Crippen LogP contribution in [0.3, 0.4) is 0 Å². The molecule has 112 valence electrons. The van der Waals surface area contributed by atoms with Crippen molar-refractivity contribution in [2.45, 2.75) is 53.0 Å². The van der Waals surface area contributed by atoms with E-state index in [1.807, 2.05) is 0 Å². The van der Waals surface area contributed by atoms with E-state index in [1.165, 1.54) is 30.4 Å². The van der Waals surface area contributed by atoms with E-state index < -0.39 is 0 Å². The second kappa shape index (κ2) is 7.12. The largest absolute Gasteiger partial charge is 0.492 e. The van der Waals surface area contributed by atoms with Gasteiger partial charge in [-0.1, -0.05) is 44.4 Å². The summed E-state index contributed by atoms with van der Waals surface area (Å²) in [6.07, 6.45) is 4.06. The van der Waals surface area contributed by atoms with E-state index in [0.29, 0.717) is 6.04 Å². The first kappa shape index (κ1) is 15.4. The molecule has 0 heterocycles. The molecule has 1 aliphatic rings. The van der Waals surface area contributed by atoms with Gasteiger partial charge in [-0.05, 0) is 43.7 Å². The van der Waals surface area contributed by atoms with Crippen molar-refractivity contribution in [1.29, 1.82) is 0 Å². The summed E-state index contributed by atoms with van der Waals surface area (Å²) in [5, 5.41) is 3.68. The zero-order valence-electron chi connectivity index (χ0n) is 13.4. The lowest BCUT2D eigenvalue weighted by atomic mass is 9.78. The third-order valence-corrected chi connectivity index (χ3v) is 4.80. The first-order valence-electron chi connectivity index (χ1n) is 8.01. The molecule has 0 spiro atoms. The van der Waals surface area contributed by atoms with Gasteiger partial charge in [0.15, 0.2) is 0 Å². The van der Waals surface area contributed by atoms with Gasteiger partial charge in [0.1, 0.15) is 12.4 Å². The van der Waals surface area contributed by atoms with Crippen molar-refractivity contribution in [3.05, 3.63) is 29.3 Å². The number of hydrogen-bond acceptors (Lipinski definition) is 2. The van der Waals surface area contributed by atoms with Crippen LogP contribution in [-0.2, 0) is 0 Å². The highest BCUT2D eigenvalue weighted by Gasteiger charge is 2.26. The first-order chi connectivity index (χ1) is 9.58. The maximum Gasteiger partial charge on any atom is 0.122 e. The van der Waals surface area contributed by atoms with Crippen LogP contribution in [0, 0.1) is 25.7 Å². The number of benzene rings is 1. The van der Waals surface area contributed by atoms with Gasteiger partial charge in [0.2, 0.25) is 0 Å². The summed E-state index contributed by atoms with van der Waals surface area (Å²) in [7, 11) is 0. The molecule has 0 radical (unpaired) electrons. The summed E-state index contributed by atoms with van der Waals surface area (Å²) in [5.74, 6) is 2.65. The Balaban J connectivity index is 1.73. The lowest BCUT2D eigenvalue weighted by Gasteiger charge is -2.34. The molecule has 0 aliphatic heterocycles. The molecule has 0 aromatic heterocycles. The maximum atomic E-state index is 5.88. The highest BCUT2D eigenvalue weighted by molar-refractivity contribution is 5.35. The van der Waals surface area contributed by atoms with Crippen molar-refractivity contribution in [1.82, 2.24) is 5.32 Å². The highest BCUT2D eigenvalue weighted by Crippen LogP contribution is 2.29. The second-order valence-corrected chi connectivity index (χ2v) is 6.45. The van der Waals surface area contributed by atoms with Crippen molar-refractivity contribution < 1.29 is 4.74 Å². The molecule has 3 atom stereocenters. The van der Waals surface area contributed by atoms with Crippen LogP contribution >= 0.6 is 0 Å². The fourth-order valence-electron chi connectivity index (χ4n) is 3.24. The molecule has 1 fully saturated rings. The molecule has 0 amide bonds. The standard InChI is InChI=1S/C18H29NO/c1-13-8-9-18(15(3)12-13)20-11-10-19-17-7-5-6-14(2)16(17)4/h8-9,12,14,16-17,19H,5-7,10-11H2,1-4H3/t14-,16-,17-/m0/s1. The Labute approximate surface area is 123 Å². The Morgan fingerprint density at radius 3 is 2.75 bits per heavy atom. The smallest absolute Gasteiger partial charge is 0.122 e. The van der Waals surface area contributed by atoms with Gasteiger partial charge in [-0.15, -0.1) is 0 Å². The number of aryl methyl sites for hydroxylation is 2. The van der Waals surface area contributed by atoms with E-state index in [1.54, 1.807) is 0 Å². The summed E-state index contributed by atoms with van der Waals surface area (Å²) < 4.78 is 5.88. The van der Waals surface area contributed by atoms with Gasteiger partial charge < -0.3 is 10.1 Å². The molecular weight excluding hydrogens is 246 g/mol. The van der Waals surface area contributed by atoms with Gasteiger partial charge in [-0.25, -0.2) is 0 Å². The highest BCUT2D eigenvalue weighted by atomic mass is 16.5. The third-order valence-electron chi connectivity index (χ3n) is 4.80. The number of ether oxygens (including phenoxy) is 1. The Morgan fingerprint density at radius 2 is 2.00 bits per heavy atom.